The van der Waals surface area contributed by atoms with Crippen LogP contribution in [0.25, 0.3) is 0 Å². The average molecular weight is 375 g/mol. The van der Waals surface area contributed by atoms with Gasteiger partial charge in [0.1, 0.15) is 4.47 Å². The van der Waals surface area contributed by atoms with Gasteiger partial charge in [0.15, 0.2) is 0 Å². The Balaban J connectivity index is 2.04. The fourth-order valence-corrected chi connectivity index (χ4v) is 3.68. The average Bonchev–Trinajstić information content (AvgIpc) is 2.41. The zero-order valence-corrected chi connectivity index (χ0v) is 15.3. The van der Waals surface area contributed by atoms with Crippen LogP contribution in [0.3, 0.4) is 0 Å². The summed E-state index contributed by atoms with van der Waals surface area (Å²) in [5, 5.41) is 7.65. The summed E-state index contributed by atoms with van der Waals surface area (Å²) in [7, 11) is 3.97. The molecule has 1 heterocycles. The molecule has 0 spiro atoms. The molecule has 0 atom stereocenters. The van der Waals surface area contributed by atoms with Gasteiger partial charge in [-0.05, 0) is 49.1 Å². The Labute approximate surface area is 138 Å². The molecule has 0 saturated heterocycles. The molecule has 1 N–H and O–H groups in total. The fourth-order valence-electron chi connectivity index (χ4n) is 2.32. The lowest BCUT2D eigenvalue weighted by Crippen LogP contribution is -2.40. The van der Waals surface area contributed by atoms with Gasteiger partial charge in [-0.2, -0.15) is 16.9 Å². The van der Waals surface area contributed by atoms with E-state index in [0.717, 1.165) is 18.8 Å². The summed E-state index contributed by atoms with van der Waals surface area (Å²) in [4.78, 5) is 14.3. The van der Waals surface area contributed by atoms with Crippen molar-refractivity contribution in [3.63, 3.8) is 0 Å². The summed E-state index contributed by atoms with van der Waals surface area (Å²) in [6.07, 6.45) is 7.69. The molecule has 0 amide bonds. The van der Waals surface area contributed by atoms with Crippen molar-refractivity contribution in [2.24, 2.45) is 0 Å². The van der Waals surface area contributed by atoms with Crippen LogP contribution in [-0.2, 0) is 6.54 Å². The number of nitrogens with one attached hydrogen (secondary N) is 1. The highest BCUT2D eigenvalue weighted by atomic mass is 79.9. The van der Waals surface area contributed by atoms with Gasteiger partial charge in [-0.3, -0.25) is 4.79 Å². The Kier molecular flexibility index (Phi) is 5.73. The molecule has 0 unspecified atom stereocenters. The molecule has 0 radical (unpaired) electrons. The first-order valence-electron chi connectivity index (χ1n) is 7.17. The number of hydrogen-bond donors (Lipinski definition) is 1. The van der Waals surface area contributed by atoms with E-state index in [2.05, 4.69) is 32.6 Å². The number of anilines is 1. The third-order valence-corrected chi connectivity index (χ3v) is 6.23. The van der Waals surface area contributed by atoms with Gasteiger partial charge >= 0.3 is 0 Å². The Bertz CT molecular complexity index is 537. The van der Waals surface area contributed by atoms with Crippen molar-refractivity contribution >= 4 is 33.4 Å². The summed E-state index contributed by atoms with van der Waals surface area (Å²) in [6, 6.07) is 0. The predicted octanol–water partition coefficient (Wildman–Crippen LogP) is 2.27. The van der Waals surface area contributed by atoms with Crippen molar-refractivity contribution in [3.8, 4) is 0 Å². The minimum absolute atomic E-state index is 0.0753. The van der Waals surface area contributed by atoms with Crippen molar-refractivity contribution in [1.29, 1.82) is 0 Å². The first-order chi connectivity index (χ1) is 9.97. The van der Waals surface area contributed by atoms with Crippen LogP contribution in [0.2, 0.25) is 0 Å². The first kappa shape index (κ1) is 16.8. The number of thioether (sulfide) groups is 1. The van der Waals surface area contributed by atoms with Crippen LogP contribution in [0.4, 0.5) is 5.69 Å². The number of aromatic nitrogens is 2. The topological polar surface area (TPSA) is 50.2 Å². The van der Waals surface area contributed by atoms with Crippen molar-refractivity contribution in [2.45, 2.75) is 30.6 Å². The number of likely N-dealkylation sites (N-methyl/N-ethyl adjacent to an activating group) is 1. The van der Waals surface area contributed by atoms with Crippen LogP contribution >= 0.6 is 27.7 Å². The van der Waals surface area contributed by atoms with Crippen LogP contribution in [0.1, 0.15) is 19.3 Å². The smallest absolute Gasteiger partial charge is 0.283 e. The number of hydrogen-bond acceptors (Lipinski definition) is 5. The van der Waals surface area contributed by atoms with Crippen molar-refractivity contribution < 1.29 is 0 Å². The van der Waals surface area contributed by atoms with Crippen LogP contribution in [0, 0.1) is 0 Å². The fraction of sp³-hybridized carbons (Fsp3) is 0.714. The van der Waals surface area contributed by atoms with E-state index in [9.17, 15) is 4.79 Å². The second kappa shape index (κ2) is 7.15. The largest absolute Gasteiger partial charge is 0.381 e. The van der Waals surface area contributed by atoms with E-state index < -0.39 is 0 Å². The zero-order chi connectivity index (χ0) is 15.5. The Morgan fingerprint density at radius 2 is 2.24 bits per heavy atom. The van der Waals surface area contributed by atoms with Gasteiger partial charge in [-0.15, -0.1) is 0 Å². The number of halogens is 1. The SMILES string of the molecule is CSC1(CNc2cnn(CCN(C)C)c(=O)c2Br)CCC1. The van der Waals surface area contributed by atoms with E-state index in [4.69, 9.17) is 0 Å². The molecule has 1 aliphatic rings. The molecule has 0 bridgehead atoms. The van der Waals surface area contributed by atoms with Gasteiger partial charge in [0.2, 0.25) is 0 Å². The van der Waals surface area contributed by atoms with E-state index in [1.807, 2.05) is 30.8 Å². The van der Waals surface area contributed by atoms with Crippen LogP contribution in [0.15, 0.2) is 15.5 Å². The quantitative estimate of drug-likeness (QED) is 0.792. The normalized spacial score (nSPS) is 16.8. The molecule has 1 saturated carbocycles. The number of nitrogens with zero attached hydrogens (tertiary/aromatic N) is 3. The lowest BCUT2D eigenvalue weighted by Gasteiger charge is -2.40. The molecule has 1 fully saturated rings. The Morgan fingerprint density at radius 1 is 1.52 bits per heavy atom. The highest BCUT2D eigenvalue weighted by Gasteiger charge is 2.35. The monoisotopic (exact) mass is 374 g/mol. The molecule has 0 aromatic carbocycles. The van der Waals surface area contributed by atoms with E-state index in [1.54, 1.807) is 6.20 Å². The number of rotatable bonds is 7. The molecule has 118 valence electrons. The maximum Gasteiger partial charge on any atom is 0.283 e. The molecule has 2 rings (SSSR count). The molecule has 0 aliphatic heterocycles. The van der Waals surface area contributed by atoms with E-state index >= 15 is 0 Å². The van der Waals surface area contributed by atoms with Gasteiger partial charge in [-0.25, -0.2) is 4.68 Å². The summed E-state index contributed by atoms with van der Waals surface area (Å²) < 4.78 is 2.41. The molecule has 1 aromatic heterocycles. The standard InChI is InChI=1S/C14H23BrN4OS/c1-18(2)7-8-19-13(20)12(15)11(9-17-19)16-10-14(21-3)5-4-6-14/h9,16H,4-8,10H2,1-3H3. The predicted molar refractivity (Wildman–Crippen MR) is 93.3 cm³/mol. The lowest BCUT2D eigenvalue weighted by molar-refractivity contribution is 0.367. The second-order valence-corrected chi connectivity index (χ2v) is 7.87. The van der Waals surface area contributed by atoms with Gasteiger partial charge in [0.25, 0.3) is 5.56 Å². The molecule has 1 aliphatic carbocycles. The zero-order valence-electron chi connectivity index (χ0n) is 12.9. The first-order valence-corrected chi connectivity index (χ1v) is 9.18. The summed E-state index contributed by atoms with van der Waals surface area (Å²) in [5.41, 5.74) is 0.718. The van der Waals surface area contributed by atoms with Crippen molar-refractivity contribution in [1.82, 2.24) is 14.7 Å². The summed E-state index contributed by atoms with van der Waals surface area (Å²) >= 11 is 5.33. The maximum atomic E-state index is 12.3. The van der Waals surface area contributed by atoms with Crippen LogP contribution in [0.5, 0.6) is 0 Å². The van der Waals surface area contributed by atoms with Gasteiger partial charge in [0, 0.05) is 17.8 Å². The molecular formula is C14H23BrN4OS. The highest BCUT2D eigenvalue weighted by Crippen LogP contribution is 2.42. The van der Waals surface area contributed by atoms with Gasteiger partial charge in [-0.1, -0.05) is 6.42 Å². The van der Waals surface area contributed by atoms with E-state index in [1.165, 1.54) is 23.9 Å². The maximum absolute atomic E-state index is 12.3. The lowest BCUT2D eigenvalue weighted by atomic mass is 9.84. The van der Waals surface area contributed by atoms with Gasteiger partial charge in [0.05, 0.1) is 18.4 Å². The Morgan fingerprint density at radius 3 is 2.76 bits per heavy atom. The second-order valence-electron chi connectivity index (χ2n) is 5.80. The van der Waals surface area contributed by atoms with Crippen LogP contribution < -0.4 is 10.9 Å². The molecule has 1 aromatic rings. The molecule has 21 heavy (non-hydrogen) atoms. The van der Waals surface area contributed by atoms with Crippen molar-refractivity contribution in [3.05, 3.63) is 21.0 Å². The summed E-state index contributed by atoms with van der Waals surface area (Å²) in [5.74, 6) is 0. The van der Waals surface area contributed by atoms with Gasteiger partial charge < -0.3 is 10.2 Å². The van der Waals surface area contributed by atoms with Crippen LogP contribution in [-0.4, -0.2) is 52.9 Å². The third-order valence-electron chi connectivity index (χ3n) is 4.04. The third kappa shape index (κ3) is 4.02. The van der Waals surface area contributed by atoms with E-state index in [-0.39, 0.29) is 5.56 Å². The molecule has 5 nitrogen and oxygen atoms in total. The summed E-state index contributed by atoms with van der Waals surface area (Å²) in [6.45, 7) is 2.27. The highest BCUT2D eigenvalue weighted by molar-refractivity contribution is 9.10. The van der Waals surface area contributed by atoms with E-state index in [0.29, 0.717) is 15.8 Å². The van der Waals surface area contributed by atoms with Crippen molar-refractivity contribution in [2.75, 3.05) is 38.8 Å². The minimum atomic E-state index is -0.0753. The Hall–Kier alpha value is -0.530. The molecule has 7 heteroatoms. The molecular weight excluding hydrogens is 352 g/mol. The minimum Gasteiger partial charge on any atom is -0.381 e.